The predicted octanol–water partition coefficient (Wildman–Crippen LogP) is 3.15. The number of nitrogens with one attached hydrogen (secondary N) is 1. The molecule has 1 aromatic carbocycles. The zero-order valence-corrected chi connectivity index (χ0v) is 17.0. The zero-order valence-electron chi connectivity index (χ0n) is 16.1. The molecule has 10 heteroatoms. The van der Waals surface area contributed by atoms with Crippen molar-refractivity contribution in [3.8, 4) is 0 Å². The number of esters is 1. The van der Waals surface area contributed by atoms with Gasteiger partial charge in [-0.1, -0.05) is 18.2 Å². The molecule has 152 valence electrons. The second-order valence-electron chi connectivity index (χ2n) is 6.38. The van der Waals surface area contributed by atoms with Crippen molar-refractivity contribution in [1.82, 2.24) is 5.32 Å². The van der Waals surface area contributed by atoms with Crippen molar-refractivity contribution in [3.05, 3.63) is 35.9 Å². The van der Waals surface area contributed by atoms with Crippen LogP contribution in [-0.4, -0.2) is 51.1 Å². The third kappa shape index (κ3) is 9.01. The van der Waals surface area contributed by atoms with Crippen LogP contribution in [0.15, 0.2) is 30.3 Å². The van der Waals surface area contributed by atoms with E-state index >= 15 is 0 Å². The molecular formula is C17H26NO8P. The standard InChI is InChI=1S/C17H26NO8P/c1-17(2,3)26-16(20)18-11-14(12-24-27(21,22-4)23-5)25-15(19)13-9-7-6-8-10-13/h6-10,14H,11-12H2,1-5H3,(H,18,20)/t14-/m1/s1. The highest BCUT2D eigenvalue weighted by Crippen LogP contribution is 2.47. The third-order valence-electron chi connectivity index (χ3n) is 3.02. The summed E-state index contributed by atoms with van der Waals surface area (Å²) in [6, 6.07) is 8.29. The number of carbonyl (C=O) groups excluding carboxylic acids is 2. The molecule has 0 aliphatic rings. The Morgan fingerprint density at radius 3 is 2.22 bits per heavy atom. The maximum atomic E-state index is 12.2. The minimum atomic E-state index is -3.77. The van der Waals surface area contributed by atoms with Crippen molar-refractivity contribution in [2.45, 2.75) is 32.5 Å². The van der Waals surface area contributed by atoms with E-state index < -0.39 is 31.6 Å². The lowest BCUT2D eigenvalue weighted by Crippen LogP contribution is -2.40. The van der Waals surface area contributed by atoms with Gasteiger partial charge >= 0.3 is 19.9 Å². The molecule has 0 aliphatic carbocycles. The van der Waals surface area contributed by atoms with Gasteiger partial charge in [0.1, 0.15) is 11.7 Å². The molecule has 0 aromatic heterocycles. The molecule has 0 radical (unpaired) electrons. The number of hydrogen-bond donors (Lipinski definition) is 1. The second kappa shape index (κ2) is 10.4. The van der Waals surface area contributed by atoms with Gasteiger partial charge in [0.05, 0.1) is 18.7 Å². The number of carbonyl (C=O) groups is 2. The van der Waals surface area contributed by atoms with Crippen molar-refractivity contribution in [2.75, 3.05) is 27.4 Å². The van der Waals surface area contributed by atoms with Gasteiger partial charge in [0.15, 0.2) is 0 Å². The highest BCUT2D eigenvalue weighted by molar-refractivity contribution is 7.48. The normalized spacial score (nSPS) is 12.9. The largest absolute Gasteiger partial charge is 0.474 e. The fourth-order valence-electron chi connectivity index (χ4n) is 1.79. The number of rotatable bonds is 9. The molecule has 0 heterocycles. The molecule has 0 bridgehead atoms. The molecule has 0 unspecified atom stereocenters. The Labute approximate surface area is 158 Å². The summed E-state index contributed by atoms with van der Waals surface area (Å²) in [4.78, 5) is 24.1. The lowest BCUT2D eigenvalue weighted by atomic mass is 10.2. The summed E-state index contributed by atoms with van der Waals surface area (Å²) < 4.78 is 36.9. The van der Waals surface area contributed by atoms with Crippen LogP contribution in [0.25, 0.3) is 0 Å². The number of phosphoric ester groups is 1. The molecule has 0 saturated carbocycles. The average Bonchev–Trinajstić information content (AvgIpc) is 2.62. The van der Waals surface area contributed by atoms with Crippen molar-refractivity contribution >= 4 is 19.9 Å². The fraction of sp³-hybridized carbons (Fsp3) is 0.529. The van der Waals surface area contributed by atoms with Gasteiger partial charge in [-0.25, -0.2) is 14.2 Å². The second-order valence-corrected chi connectivity index (χ2v) is 8.27. The third-order valence-corrected chi connectivity index (χ3v) is 4.38. The van der Waals surface area contributed by atoms with E-state index in [9.17, 15) is 14.2 Å². The highest BCUT2D eigenvalue weighted by Gasteiger charge is 2.27. The summed E-state index contributed by atoms with van der Waals surface area (Å²) in [6.07, 6.45) is -1.64. The summed E-state index contributed by atoms with van der Waals surface area (Å²) in [5.74, 6) is -0.625. The molecular weight excluding hydrogens is 377 g/mol. The Morgan fingerprint density at radius 2 is 1.70 bits per heavy atom. The van der Waals surface area contributed by atoms with Crippen molar-refractivity contribution < 1.29 is 37.2 Å². The maximum absolute atomic E-state index is 12.2. The molecule has 0 spiro atoms. The Kier molecular flexibility index (Phi) is 8.92. The number of hydrogen-bond acceptors (Lipinski definition) is 8. The van der Waals surface area contributed by atoms with Crippen LogP contribution in [0.1, 0.15) is 31.1 Å². The topological polar surface area (TPSA) is 109 Å². The van der Waals surface area contributed by atoms with Crippen LogP contribution in [0.2, 0.25) is 0 Å². The van der Waals surface area contributed by atoms with Gasteiger partial charge in [-0.2, -0.15) is 0 Å². The van der Waals surface area contributed by atoms with E-state index in [4.69, 9.17) is 14.0 Å². The van der Waals surface area contributed by atoms with Crippen LogP contribution in [0.5, 0.6) is 0 Å². The van der Waals surface area contributed by atoms with Crippen LogP contribution in [0, 0.1) is 0 Å². The lowest BCUT2D eigenvalue weighted by molar-refractivity contribution is 0.00866. The van der Waals surface area contributed by atoms with Crippen LogP contribution >= 0.6 is 7.82 Å². The molecule has 1 amide bonds. The smallest absolute Gasteiger partial charge is 0.454 e. The van der Waals surface area contributed by atoms with Crippen molar-refractivity contribution in [1.29, 1.82) is 0 Å². The summed E-state index contributed by atoms with van der Waals surface area (Å²) in [6.45, 7) is 4.70. The SMILES string of the molecule is COP(=O)(OC)OC[C@@H](CNC(=O)OC(C)(C)C)OC(=O)c1ccccc1. The number of ether oxygens (including phenoxy) is 2. The summed E-state index contributed by atoms with van der Waals surface area (Å²) in [7, 11) is -1.44. The number of benzene rings is 1. The lowest BCUT2D eigenvalue weighted by Gasteiger charge is -2.23. The van der Waals surface area contributed by atoms with Crippen molar-refractivity contribution in [3.63, 3.8) is 0 Å². The molecule has 1 N–H and O–H groups in total. The van der Waals surface area contributed by atoms with Gasteiger partial charge in [0.2, 0.25) is 0 Å². The Morgan fingerprint density at radius 1 is 1.11 bits per heavy atom. The fourth-order valence-corrected chi connectivity index (χ4v) is 2.50. The first-order valence-corrected chi connectivity index (χ1v) is 9.63. The number of phosphoric acid groups is 1. The first-order valence-electron chi connectivity index (χ1n) is 8.17. The average molecular weight is 403 g/mol. The van der Waals surface area contributed by atoms with E-state index in [1.807, 2.05) is 0 Å². The molecule has 9 nitrogen and oxygen atoms in total. The summed E-state index contributed by atoms with van der Waals surface area (Å²) >= 11 is 0. The van der Waals surface area contributed by atoms with Crippen LogP contribution in [0.4, 0.5) is 4.79 Å². The first kappa shape index (κ1) is 23.1. The zero-order chi connectivity index (χ0) is 20.5. The quantitative estimate of drug-likeness (QED) is 0.495. The molecule has 1 rings (SSSR count). The van der Waals surface area contributed by atoms with Gasteiger partial charge in [-0.3, -0.25) is 13.6 Å². The number of amides is 1. The van der Waals surface area contributed by atoms with E-state index in [2.05, 4.69) is 14.4 Å². The van der Waals surface area contributed by atoms with Crippen molar-refractivity contribution in [2.24, 2.45) is 0 Å². The first-order chi connectivity index (χ1) is 12.6. The van der Waals surface area contributed by atoms with Crippen LogP contribution < -0.4 is 5.32 Å². The Balaban J connectivity index is 2.74. The highest BCUT2D eigenvalue weighted by atomic mass is 31.2. The van der Waals surface area contributed by atoms with E-state index in [1.54, 1.807) is 51.1 Å². The summed E-state index contributed by atoms with van der Waals surface area (Å²) in [5, 5.41) is 2.48. The molecule has 1 atom stereocenters. The monoisotopic (exact) mass is 403 g/mol. The molecule has 0 aliphatic heterocycles. The Bertz CT molecular complexity index is 651. The van der Waals surface area contributed by atoms with Crippen LogP contribution in [0.3, 0.4) is 0 Å². The van der Waals surface area contributed by atoms with Crippen LogP contribution in [-0.2, 0) is 27.6 Å². The van der Waals surface area contributed by atoms with E-state index in [1.165, 1.54) is 0 Å². The van der Waals surface area contributed by atoms with Gasteiger partial charge in [0.25, 0.3) is 0 Å². The van der Waals surface area contributed by atoms with E-state index in [0.717, 1.165) is 14.2 Å². The van der Waals surface area contributed by atoms with Gasteiger partial charge in [-0.05, 0) is 32.9 Å². The summed E-state index contributed by atoms with van der Waals surface area (Å²) in [5.41, 5.74) is -0.361. The molecule has 1 aromatic rings. The van der Waals surface area contributed by atoms with E-state index in [0.29, 0.717) is 5.56 Å². The minimum Gasteiger partial charge on any atom is -0.454 e. The maximum Gasteiger partial charge on any atom is 0.474 e. The minimum absolute atomic E-state index is 0.124. The Hall–Kier alpha value is -1.93. The molecule has 0 saturated heterocycles. The van der Waals surface area contributed by atoms with Gasteiger partial charge < -0.3 is 14.8 Å². The molecule has 0 fully saturated rings. The predicted molar refractivity (Wildman–Crippen MR) is 97.5 cm³/mol. The van der Waals surface area contributed by atoms with E-state index in [-0.39, 0.29) is 13.2 Å². The van der Waals surface area contributed by atoms with Gasteiger partial charge in [0, 0.05) is 14.2 Å². The number of alkyl carbamates (subject to hydrolysis) is 1. The molecule has 27 heavy (non-hydrogen) atoms. The van der Waals surface area contributed by atoms with Gasteiger partial charge in [-0.15, -0.1) is 0 Å².